The van der Waals surface area contributed by atoms with E-state index in [2.05, 4.69) is 10.0 Å². The van der Waals surface area contributed by atoms with Gasteiger partial charge in [0.2, 0.25) is 5.91 Å². The largest absolute Gasteiger partial charge is 0.396 e. The van der Waals surface area contributed by atoms with Gasteiger partial charge in [-0.3, -0.25) is 4.79 Å². The number of nitrogens with zero attached hydrogens (tertiary/aromatic N) is 4. The maximum absolute atomic E-state index is 12.6. The van der Waals surface area contributed by atoms with Gasteiger partial charge in [0.05, 0.1) is 5.92 Å². The fourth-order valence-corrected chi connectivity index (χ4v) is 1.82. The molecule has 0 aliphatic carbocycles. The summed E-state index contributed by atoms with van der Waals surface area (Å²) in [5.74, 6) is -3.39. The minimum Gasteiger partial charge on any atom is -0.396 e. The highest BCUT2D eigenvalue weighted by molar-refractivity contribution is 5.78. The first-order valence-electron chi connectivity index (χ1n) is 4.86. The summed E-state index contributed by atoms with van der Waals surface area (Å²) in [6.07, 6.45) is -4.44. The van der Waals surface area contributed by atoms with Gasteiger partial charge in [0.25, 0.3) is 0 Å². The number of amides is 1. The number of hydrogen-bond donors (Lipinski definition) is 1. The van der Waals surface area contributed by atoms with Gasteiger partial charge in [-0.15, -0.1) is 0 Å². The molecule has 1 aliphatic heterocycles. The Labute approximate surface area is 94.6 Å². The second kappa shape index (κ2) is 5.24. The Balaban J connectivity index is 2.69. The number of alkyl halides is 3. The number of azide groups is 1. The number of aliphatic hydroxyl groups excluding tert-OH is 1. The molecule has 17 heavy (non-hydrogen) atoms. The molecular weight excluding hydrogens is 241 g/mol. The molecule has 0 unspecified atom stereocenters. The molecule has 1 fully saturated rings. The average molecular weight is 252 g/mol. The molecule has 9 heteroatoms. The second-order valence-corrected chi connectivity index (χ2v) is 3.78. The molecule has 1 aliphatic rings. The lowest BCUT2D eigenvalue weighted by Crippen LogP contribution is -2.33. The maximum Gasteiger partial charge on any atom is 0.393 e. The summed E-state index contributed by atoms with van der Waals surface area (Å²) in [7, 11) is 0. The van der Waals surface area contributed by atoms with E-state index in [-0.39, 0.29) is 6.54 Å². The third-order valence-corrected chi connectivity index (χ3v) is 2.72. The van der Waals surface area contributed by atoms with Crippen LogP contribution in [0.15, 0.2) is 5.11 Å². The molecule has 1 rings (SSSR count). The molecule has 0 spiro atoms. The Kier molecular flexibility index (Phi) is 4.19. The van der Waals surface area contributed by atoms with Crippen LogP contribution in [0.3, 0.4) is 0 Å². The number of halogens is 3. The van der Waals surface area contributed by atoms with Gasteiger partial charge in [0, 0.05) is 30.5 Å². The molecule has 0 bridgehead atoms. The van der Waals surface area contributed by atoms with Gasteiger partial charge in [-0.1, -0.05) is 5.11 Å². The standard InChI is InChI=1S/C8H11F3N4O2/c9-8(10,11)6-3-15(2-5(6)4-16)7(17)1-13-14-12/h5-6,16H,1-4H2/t5-,6-/m0/s1. The first-order chi connectivity index (χ1) is 7.90. The normalized spacial score (nSPS) is 24.6. The topological polar surface area (TPSA) is 89.3 Å². The van der Waals surface area contributed by atoms with E-state index in [1.165, 1.54) is 0 Å². The Morgan fingerprint density at radius 2 is 2.18 bits per heavy atom. The number of aliphatic hydroxyl groups is 1. The predicted molar refractivity (Wildman–Crippen MR) is 50.7 cm³/mol. The van der Waals surface area contributed by atoms with Crippen molar-refractivity contribution < 1.29 is 23.1 Å². The molecular formula is C8H11F3N4O2. The molecule has 96 valence electrons. The molecule has 6 nitrogen and oxygen atoms in total. The minimum atomic E-state index is -4.44. The summed E-state index contributed by atoms with van der Waals surface area (Å²) in [6.45, 7) is -1.79. The van der Waals surface area contributed by atoms with Crippen molar-refractivity contribution in [2.75, 3.05) is 26.2 Å². The van der Waals surface area contributed by atoms with E-state index in [4.69, 9.17) is 10.6 Å². The van der Waals surface area contributed by atoms with Crippen LogP contribution in [0.25, 0.3) is 10.4 Å². The van der Waals surface area contributed by atoms with Crippen molar-refractivity contribution in [3.8, 4) is 0 Å². The summed E-state index contributed by atoms with van der Waals surface area (Å²) in [4.78, 5) is 14.7. The Bertz CT molecular complexity index is 340. The Hall–Kier alpha value is -1.47. The Morgan fingerprint density at radius 3 is 2.59 bits per heavy atom. The molecule has 1 amide bonds. The smallest absolute Gasteiger partial charge is 0.393 e. The molecule has 1 heterocycles. The molecule has 0 aromatic carbocycles. The SMILES string of the molecule is [N-]=[N+]=NCC(=O)N1C[C@@H](CO)[C@@H](C(F)(F)F)C1. The monoisotopic (exact) mass is 252 g/mol. The highest BCUT2D eigenvalue weighted by atomic mass is 19.4. The van der Waals surface area contributed by atoms with Gasteiger partial charge in [-0.2, -0.15) is 13.2 Å². The van der Waals surface area contributed by atoms with E-state index >= 15 is 0 Å². The van der Waals surface area contributed by atoms with Crippen molar-refractivity contribution in [3.63, 3.8) is 0 Å². The maximum atomic E-state index is 12.6. The Morgan fingerprint density at radius 1 is 1.53 bits per heavy atom. The van der Waals surface area contributed by atoms with Crippen LogP contribution in [-0.2, 0) is 4.79 Å². The highest BCUT2D eigenvalue weighted by Gasteiger charge is 2.50. The number of carbonyl (C=O) groups is 1. The van der Waals surface area contributed by atoms with Crippen LogP contribution < -0.4 is 0 Å². The van der Waals surface area contributed by atoms with Crippen LogP contribution in [0.1, 0.15) is 0 Å². The highest BCUT2D eigenvalue weighted by Crippen LogP contribution is 2.37. The van der Waals surface area contributed by atoms with E-state index in [9.17, 15) is 18.0 Å². The second-order valence-electron chi connectivity index (χ2n) is 3.78. The number of rotatable bonds is 3. The number of likely N-dealkylation sites (tertiary alicyclic amines) is 1. The summed E-state index contributed by atoms with van der Waals surface area (Å²) in [5.41, 5.74) is 8.00. The van der Waals surface area contributed by atoms with Crippen LogP contribution in [0, 0.1) is 11.8 Å². The van der Waals surface area contributed by atoms with Gasteiger partial charge in [0.1, 0.15) is 6.54 Å². The summed E-state index contributed by atoms with van der Waals surface area (Å²) in [6, 6.07) is 0. The van der Waals surface area contributed by atoms with Gasteiger partial charge in [0.15, 0.2) is 0 Å². The van der Waals surface area contributed by atoms with Crippen molar-refractivity contribution in [2.24, 2.45) is 17.0 Å². The minimum absolute atomic E-state index is 0.166. The van der Waals surface area contributed by atoms with Crippen molar-refractivity contribution in [1.29, 1.82) is 0 Å². The number of hydrogen-bond acceptors (Lipinski definition) is 3. The fraction of sp³-hybridized carbons (Fsp3) is 0.875. The van der Waals surface area contributed by atoms with E-state index in [0.717, 1.165) is 4.90 Å². The average Bonchev–Trinajstić information content (AvgIpc) is 2.69. The van der Waals surface area contributed by atoms with Crippen molar-refractivity contribution in [1.82, 2.24) is 4.90 Å². The summed E-state index contributed by atoms with van der Waals surface area (Å²) in [5, 5.41) is 11.9. The lowest BCUT2D eigenvalue weighted by Gasteiger charge is -2.18. The van der Waals surface area contributed by atoms with Crippen LogP contribution in [0.4, 0.5) is 13.2 Å². The predicted octanol–water partition coefficient (Wildman–Crippen LogP) is 0.926. The molecule has 1 saturated heterocycles. The molecule has 1 N–H and O–H groups in total. The van der Waals surface area contributed by atoms with E-state index in [0.29, 0.717) is 0 Å². The lowest BCUT2D eigenvalue weighted by molar-refractivity contribution is -0.183. The molecule has 0 aromatic rings. The van der Waals surface area contributed by atoms with Crippen molar-refractivity contribution in [2.45, 2.75) is 6.18 Å². The lowest BCUT2D eigenvalue weighted by atomic mass is 9.97. The van der Waals surface area contributed by atoms with Gasteiger partial charge >= 0.3 is 6.18 Å². The fourth-order valence-electron chi connectivity index (χ4n) is 1.82. The first kappa shape index (κ1) is 13.6. The van der Waals surface area contributed by atoms with Crippen LogP contribution >= 0.6 is 0 Å². The van der Waals surface area contributed by atoms with E-state index in [1.54, 1.807) is 0 Å². The zero-order valence-electron chi connectivity index (χ0n) is 8.76. The van der Waals surface area contributed by atoms with Crippen LogP contribution in [0.2, 0.25) is 0 Å². The van der Waals surface area contributed by atoms with Gasteiger partial charge in [-0.25, -0.2) is 0 Å². The number of carbonyl (C=O) groups excluding carboxylic acids is 1. The molecule has 0 saturated carbocycles. The quantitative estimate of drug-likeness (QED) is 0.460. The van der Waals surface area contributed by atoms with Crippen LogP contribution in [-0.4, -0.2) is 48.3 Å². The van der Waals surface area contributed by atoms with Crippen molar-refractivity contribution >= 4 is 5.91 Å². The summed E-state index contributed by atoms with van der Waals surface area (Å²) < 4.78 is 37.7. The first-order valence-corrected chi connectivity index (χ1v) is 4.86. The van der Waals surface area contributed by atoms with Crippen LogP contribution in [0.5, 0.6) is 0 Å². The molecule has 2 atom stereocenters. The van der Waals surface area contributed by atoms with Gasteiger partial charge in [-0.05, 0) is 5.53 Å². The summed E-state index contributed by atoms with van der Waals surface area (Å²) >= 11 is 0. The zero-order chi connectivity index (χ0) is 13.1. The molecule has 0 aromatic heterocycles. The van der Waals surface area contributed by atoms with Crippen molar-refractivity contribution in [3.05, 3.63) is 10.4 Å². The molecule has 0 radical (unpaired) electrons. The third kappa shape index (κ3) is 3.24. The zero-order valence-corrected chi connectivity index (χ0v) is 8.76. The van der Waals surface area contributed by atoms with Gasteiger partial charge < -0.3 is 10.0 Å². The van der Waals surface area contributed by atoms with E-state index < -0.39 is 43.6 Å². The third-order valence-electron chi connectivity index (χ3n) is 2.72. The van der Waals surface area contributed by atoms with E-state index in [1.807, 2.05) is 0 Å².